The van der Waals surface area contributed by atoms with Crippen molar-refractivity contribution in [3.63, 3.8) is 0 Å². The number of hydrogen-bond donors (Lipinski definition) is 1. The van der Waals surface area contributed by atoms with Gasteiger partial charge in [-0.15, -0.1) is 0 Å². The highest BCUT2D eigenvalue weighted by Crippen LogP contribution is 2.23. The molecule has 15 heavy (non-hydrogen) atoms. The van der Waals surface area contributed by atoms with Gasteiger partial charge in [-0.2, -0.15) is 13.2 Å². The Labute approximate surface area is 89.2 Å². The third-order valence-corrected chi connectivity index (χ3v) is 2.32. The Bertz CT molecular complexity index is 161. The molecule has 0 aliphatic heterocycles. The van der Waals surface area contributed by atoms with Gasteiger partial charge >= 0.3 is 6.18 Å². The maximum absolute atomic E-state index is 12.0. The first-order valence-corrected chi connectivity index (χ1v) is 5.12. The summed E-state index contributed by atoms with van der Waals surface area (Å²) >= 11 is 0. The Kier molecular flexibility index (Phi) is 6.92. The highest BCUT2D eigenvalue weighted by Gasteiger charge is 2.28. The molecule has 0 amide bonds. The zero-order valence-electron chi connectivity index (χ0n) is 9.53. The smallest absolute Gasteiger partial charge is 0.384 e. The van der Waals surface area contributed by atoms with Crippen LogP contribution in [0.2, 0.25) is 0 Å². The lowest BCUT2D eigenvalue weighted by atomic mass is 9.99. The molecule has 0 aromatic rings. The molecule has 92 valence electrons. The first-order valence-electron chi connectivity index (χ1n) is 5.12. The minimum atomic E-state index is -4.06. The number of halogens is 3. The molecule has 0 rings (SSSR count). The molecule has 2 nitrogen and oxygen atoms in total. The molecule has 0 bridgehead atoms. The van der Waals surface area contributed by atoms with Crippen LogP contribution in [0.3, 0.4) is 0 Å². The SMILES string of the molecule is CNC(CCC(F)(F)F)CC(C)COC. The van der Waals surface area contributed by atoms with Crippen molar-refractivity contribution in [3.05, 3.63) is 0 Å². The van der Waals surface area contributed by atoms with Crippen LogP contribution in [-0.2, 0) is 4.74 Å². The average molecular weight is 227 g/mol. The van der Waals surface area contributed by atoms with E-state index in [9.17, 15) is 13.2 Å². The fraction of sp³-hybridized carbons (Fsp3) is 1.00. The number of ether oxygens (including phenoxy) is 1. The zero-order valence-corrected chi connectivity index (χ0v) is 9.53. The molecular formula is C10H20F3NO. The van der Waals surface area contributed by atoms with Crippen LogP contribution in [0.4, 0.5) is 13.2 Å². The molecule has 0 aromatic heterocycles. The minimum absolute atomic E-state index is 0.0863. The highest BCUT2D eigenvalue weighted by molar-refractivity contribution is 4.70. The van der Waals surface area contributed by atoms with E-state index in [1.165, 1.54) is 0 Å². The van der Waals surface area contributed by atoms with Gasteiger partial charge in [-0.1, -0.05) is 6.92 Å². The van der Waals surface area contributed by atoms with Crippen molar-refractivity contribution in [2.75, 3.05) is 20.8 Å². The van der Waals surface area contributed by atoms with E-state index in [0.29, 0.717) is 13.0 Å². The van der Waals surface area contributed by atoms with Crippen LogP contribution in [-0.4, -0.2) is 33.0 Å². The summed E-state index contributed by atoms with van der Waals surface area (Å²) in [5.74, 6) is 0.278. The van der Waals surface area contributed by atoms with Crippen molar-refractivity contribution in [2.45, 2.75) is 38.4 Å². The van der Waals surface area contributed by atoms with Crippen LogP contribution in [0.5, 0.6) is 0 Å². The zero-order chi connectivity index (χ0) is 11.9. The Hall–Kier alpha value is -0.290. The number of nitrogens with one attached hydrogen (secondary N) is 1. The lowest BCUT2D eigenvalue weighted by Crippen LogP contribution is -2.30. The lowest BCUT2D eigenvalue weighted by molar-refractivity contribution is -0.136. The minimum Gasteiger partial charge on any atom is -0.384 e. The first-order chi connectivity index (χ1) is 6.89. The fourth-order valence-electron chi connectivity index (χ4n) is 1.56. The molecule has 0 radical (unpaired) electrons. The number of hydrogen-bond acceptors (Lipinski definition) is 2. The Balaban J connectivity index is 3.82. The summed E-state index contributed by atoms with van der Waals surface area (Å²) in [4.78, 5) is 0. The molecule has 0 heterocycles. The number of methoxy groups -OCH3 is 1. The van der Waals surface area contributed by atoms with E-state index in [0.717, 1.165) is 0 Å². The number of rotatable bonds is 7. The Morgan fingerprint density at radius 2 is 1.93 bits per heavy atom. The Morgan fingerprint density at radius 1 is 1.33 bits per heavy atom. The van der Waals surface area contributed by atoms with Crippen molar-refractivity contribution < 1.29 is 17.9 Å². The summed E-state index contributed by atoms with van der Waals surface area (Å²) in [7, 11) is 3.29. The molecule has 0 spiro atoms. The van der Waals surface area contributed by atoms with E-state index >= 15 is 0 Å². The molecule has 0 fully saturated rings. The largest absolute Gasteiger partial charge is 0.389 e. The van der Waals surface area contributed by atoms with Crippen molar-refractivity contribution in [1.29, 1.82) is 0 Å². The van der Waals surface area contributed by atoms with Crippen LogP contribution in [0.25, 0.3) is 0 Å². The van der Waals surface area contributed by atoms with Crippen LogP contribution in [0.1, 0.15) is 26.2 Å². The second kappa shape index (κ2) is 7.06. The van der Waals surface area contributed by atoms with Gasteiger partial charge in [-0.3, -0.25) is 0 Å². The summed E-state index contributed by atoms with van der Waals surface area (Å²) < 4.78 is 40.9. The van der Waals surface area contributed by atoms with Crippen LogP contribution in [0, 0.1) is 5.92 Å². The van der Waals surface area contributed by atoms with E-state index in [1.807, 2.05) is 6.92 Å². The van der Waals surface area contributed by atoms with E-state index in [-0.39, 0.29) is 18.4 Å². The summed E-state index contributed by atoms with van der Waals surface area (Å²) in [6.07, 6.45) is -3.94. The Morgan fingerprint density at radius 3 is 2.33 bits per heavy atom. The molecule has 0 aliphatic carbocycles. The highest BCUT2D eigenvalue weighted by atomic mass is 19.4. The fourth-order valence-corrected chi connectivity index (χ4v) is 1.56. The van der Waals surface area contributed by atoms with Crippen molar-refractivity contribution in [3.8, 4) is 0 Å². The molecule has 0 aromatic carbocycles. The van der Waals surface area contributed by atoms with Gasteiger partial charge in [0.05, 0.1) is 0 Å². The quantitative estimate of drug-likeness (QED) is 0.721. The predicted molar refractivity (Wildman–Crippen MR) is 53.8 cm³/mol. The maximum atomic E-state index is 12.0. The average Bonchev–Trinajstić information content (AvgIpc) is 2.11. The van der Waals surface area contributed by atoms with Crippen LogP contribution < -0.4 is 5.32 Å². The maximum Gasteiger partial charge on any atom is 0.389 e. The molecular weight excluding hydrogens is 207 g/mol. The second-order valence-corrected chi connectivity index (χ2v) is 3.94. The van der Waals surface area contributed by atoms with Crippen LogP contribution >= 0.6 is 0 Å². The van der Waals surface area contributed by atoms with Gasteiger partial charge in [0.2, 0.25) is 0 Å². The van der Waals surface area contributed by atoms with Gasteiger partial charge < -0.3 is 10.1 Å². The topological polar surface area (TPSA) is 21.3 Å². The van der Waals surface area contributed by atoms with Gasteiger partial charge in [0, 0.05) is 26.2 Å². The molecule has 0 saturated heterocycles. The molecule has 0 aliphatic rings. The summed E-state index contributed by atoms with van der Waals surface area (Å²) in [5, 5.41) is 2.91. The van der Waals surface area contributed by atoms with Crippen molar-refractivity contribution >= 4 is 0 Å². The van der Waals surface area contributed by atoms with Crippen molar-refractivity contribution in [1.82, 2.24) is 5.32 Å². The van der Waals surface area contributed by atoms with Gasteiger partial charge in [0.15, 0.2) is 0 Å². The van der Waals surface area contributed by atoms with E-state index < -0.39 is 12.6 Å². The van der Waals surface area contributed by atoms with Gasteiger partial charge in [0.25, 0.3) is 0 Å². The summed E-state index contributed by atoms with van der Waals surface area (Å²) in [5.41, 5.74) is 0. The van der Waals surface area contributed by atoms with Gasteiger partial charge in [-0.05, 0) is 25.8 Å². The molecule has 0 saturated carbocycles. The van der Waals surface area contributed by atoms with E-state index in [1.54, 1.807) is 14.2 Å². The summed E-state index contributed by atoms with van der Waals surface area (Å²) in [6, 6.07) is -0.0863. The van der Waals surface area contributed by atoms with Crippen molar-refractivity contribution in [2.24, 2.45) is 5.92 Å². The molecule has 2 atom stereocenters. The summed E-state index contributed by atoms with van der Waals surface area (Å²) in [6.45, 7) is 2.56. The lowest BCUT2D eigenvalue weighted by Gasteiger charge is -2.20. The third kappa shape index (κ3) is 8.69. The molecule has 2 unspecified atom stereocenters. The predicted octanol–water partition coefficient (Wildman–Crippen LogP) is 2.59. The second-order valence-electron chi connectivity index (χ2n) is 3.94. The van der Waals surface area contributed by atoms with E-state index in [2.05, 4.69) is 5.32 Å². The van der Waals surface area contributed by atoms with Gasteiger partial charge in [-0.25, -0.2) is 0 Å². The third-order valence-electron chi connectivity index (χ3n) is 2.32. The monoisotopic (exact) mass is 227 g/mol. The van der Waals surface area contributed by atoms with E-state index in [4.69, 9.17) is 4.74 Å². The van der Waals surface area contributed by atoms with Gasteiger partial charge in [0.1, 0.15) is 0 Å². The van der Waals surface area contributed by atoms with Crippen LogP contribution in [0.15, 0.2) is 0 Å². The standard InChI is InChI=1S/C10H20F3NO/c1-8(7-15-3)6-9(14-2)4-5-10(11,12)13/h8-9,14H,4-7H2,1-3H3. The first kappa shape index (κ1) is 14.7. The molecule has 1 N–H and O–H groups in total. The number of alkyl halides is 3. The molecule has 5 heteroatoms. The normalized spacial score (nSPS) is 16.4.